The molecular weight excluding hydrogens is 264 g/mol. The van der Waals surface area contributed by atoms with Crippen LogP contribution in [0.1, 0.15) is 26.2 Å². The van der Waals surface area contributed by atoms with Crippen molar-refractivity contribution in [1.82, 2.24) is 20.4 Å². The second kappa shape index (κ2) is 6.63. The highest BCUT2D eigenvalue weighted by Gasteiger charge is 2.15. The first-order valence-corrected chi connectivity index (χ1v) is 6.79. The quantitative estimate of drug-likeness (QED) is 0.881. The van der Waals surface area contributed by atoms with Crippen LogP contribution < -0.4 is 5.32 Å². The second-order valence-electron chi connectivity index (χ2n) is 4.21. The molecule has 2 heterocycles. The Balaban J connectivity index is 2.13. The van der Waals surface area contributed by atoms with Gasteiger partial charge in [0.15, 0.2) is 0 Å². The Hall–Kier alpha value is -1.46. The third kappa shape index (κ3) is 3.52. The van der Waals surface area contributed by atoms with E-state index in [2.05, 4.69) is 34.3 Å². The van der Waals surface area contributed by atoms with Crippen molar-refractivity contribution in [2.24, 2.45) is 0 Å². The van der Waals surface area contributed by atoms with Crippen molar-refractivity contribution in [1.29, 1.82) is 0 Å². The van der Waals surface area contributed by atoms with Crippen molar-refractivity contribution >= 4 is 11.6 Å². The summed E-state index contributed by atoms with van der Waals surface area (Å²) >= 11 is 6.05. The summed E-state index contributed by atoms with van der Waals surface area (Å²) < 4.78 is 5.25. The predicted molar refractivity (Wildman–Crippen MR) is 74.0 cm³/mol. The Bertz CT molecular complexity index is 529. The van der Waals surface area contributed by atoms with E-state index in [1.54, 1.807) is 18.3 Å². The van der Waals surface area contributed by atoms with Crippen molar-refractivity contribution < 1.29 is 4.52 Å². The second-order valence-corrected chi connectivity index (χ2v) is 4.62. The minimum atomic E-state index is 0.345. The number of likely N-dealkylation sites (N-methyl/N-ethyl adjacent to an activating group) is 1. The van der Waals surface area contributed by atoms with Crippen LogP contribution in [0.3, 0.4) is 0 Å². The summed E-state index contributed by atoms with van der Waals surface area (Å²) in [7, 11) is 0. The normalized spacial score (nSPS) is 12.6. The first kappa shape index (κ1) is 14.0. The summed E-state index contributed by atoms with van der Waals surface area (Å²) in [5.74, 6) is 1.04. The topological polar surface area (TPSA) is 63.8 Å². The van der Waals surface area contributed by atoms with Crippen LogP contribution in [0.15, 0.2) is 22.9 Å². The molecule has 6 heteroatoms. The average Bonchev–Trinajstić information content (AvgIpc) is 2.87. The smallest absolute Gasteiger partial charge is 0.228 e. The van der Waals surface area contributed by atoms with Crippen LogP contribution in [0.25, 0.3) is 11.5 Å². The zero-order chi connectivity index (χ0) is 13.7. The predicted octanol–water partition coefficient (Wildman–Crippen LogP) is 2.72. The summed E-state index contributed by atoms with van der Waals surface area (Å²) in [5, 5.41) is 7.83. The fourth-order valence-electron chi connectivity index (χ4n) is 1.84. The third-order valence-electron chi connectivity index (χ3n) is 2.84. The summed E-state index contributed by atoms with van der Waals surface area (Å²) in [6.45, 7) is 5.13. The lowest BCUT2D eigenvalue weighted by Gasteiger charge is -2.12. The van der Waals surface area contributed by atoms with Crippen molar-refractivity contribution in [2.45, 2.75) is 32.7 Å². The van der Waals surface area contributed by atoms with E-state index in [0.29, 0.717) is 34.9 Å². The van der Waals surface area contributed by atoms with E-state index in [4.69, 9.17) is 16.1 Å². The van der Waals surface area contributed by atoms with Gasteiger partial charge in [-0.1, -0.05) is 30.6 Å². The van der Waals surface area contributed by atoms with E-state index in [1.807, 2.05) is 0 Å². The highest BCUT2D eigenvalue weighted by Crippen LogP contribution is 2.22. The lowest BCUT2D eigenvalue weighted by Crippen LogP contribution is -2.30. The molecule has 1 atom stereocenters. The van der Waals surface area contributed by atoms with E-state index >= 15 is 0 Å². The Morgan fingerprint density at radius 1 is 1.42 bits per heavy atom. The highest BCUT2D eigenvalue weighted by molar-refractivity contribution is 6.32. The minimum Gasteiger partial charge on any atom is -0.339 e. The molecule has 0 amide bonds. The van der Waals surface area contributed by atoms with Crippen molar-refractivity contribution in [2.75, 3.05) is 6.54 Å². The zero-order valence-electron chi connectivity index (χ0n) is 11.1. The van der Waals surface area contributed by atoms with Gasteiger partial charge in [-0.05, 0) is 25.1 Å². The summed E-state index contributed by atoms with van der Waals surface area (Å²) in [5.41, 5.74) is 0.552. The number of nitrogens with one attached hydrogen (secondary N) is 1. The molecule has 0 radical (unpaired) electrons. The molecule has 5 nitrogen and oxygen atoms in total. The Morgan fingerprint density at radius 3 is 2.95 bits per heavy atom. The summed E-state index contributed by atoms with van der Waals surface area (Å²) in [4.78, 5) is 8.51. The molecule has 102 valence electrons. The van der Waals surface area contributed by atoms with Crippen LogP contribution in [0, 0.1) is 0 Å². The van der Waals surface area contributed by atoms with Crippen molar-refractivity contribution in [3.05, 3.63) is 29.2 Å². The number of rotatable bonds is 6. The molecule has 0 aromatic carbocycles. The van der Waals surface area contributed by atoms with Crippen LogP contribution in [-0.2, 0) is 6.42 Å². The standard InChI is InChI=1S/C13H17ClN4O/c1-3-9(15-4-2)8-11-17-13(18-19-11)12-10(14)6-5-7-16-12/h5-7,9,15H,3-4,8H2,1-2H3. The van der Waals surface area contributed by atoms with Crippen LogP contribution in [0.2, 0.25) is 5.02 Å². The number of halogens is 1. The molecule has 0 aliphatic rings. The molecule has 0 aliphatic heterocycles. The van der Waals surface area contributed by atoms with Crippen molar-refractivity contribution in [3.63, 3.8) is 0 Å². The van der Waals surface area contributed by atoms with Gasteiger partial charge in [0, 0.05) is 18.7 Å². The molecule has 2 rings (SSSR count). The third-order valence-corrected chi connectivity index (χ3v) is 3.15. The van der Waals surface area contributed by atoms with Crippen molar-refractivity contribution in [3.8, 4) is 11.5 Å². The number of hydrogen-bond acceptors (Lipinski definition) is 5. The minimum absolute atomic E-state index is 0.345. The maximum atomic E-state index is 6.05. The lowest BCUT2D eigenvalue weighted by molar-refractivity contribution is 0.355. The van der Waals surface area contributed by atoms with Gasteiger partial charge in [-0.25, -0.2) is 0 Å². The lowest BCUT2D eigenvalue weighted by atomic mass is 10.1. The van der Waals surface area contributed by atoms with Crippen LogP contribution in [0.4, 0.5) is 0 Å². The molecular formula is C13H17ClN4O. The molecule has 0 spiro atoms. The fourth-order valence-corrected chi connectivity index (χ4v) is 2.05. The van der Waals surface area contributed by atoms with E-state index < -0.39 is 0 Å². The number of pyridine rings is 1. The number of nitrogens with zero attached hydrogens (tertiary/aromatic N) is 3. The molecule has 0 fully saturated rings. The van der Waals surface area contributed by atoms with Gasteiger partial charge in [-0.3, -0.25) is 4.98 Å². The molecule has 2 aromatic heterocycles. The average molecular weight is 281 g/mol. The SMILES string of the molecule is CCNC(CC)Cc1nc(-c2ncccc2Cl)no1. The highest BCUT2D eigenvalue weighted by atomic mass is 35.5. The van der Waals surface area contributed by atoms with Gasteiger partial charge in [0.1, 0.15) is 5.69 Å². The van der Waals surface area contributed by atoms with Gasteiger partial charge in [-0.15, -0.1) is 0 Å². The number of hydrogen-bond donors (Lipinski definition) is 1. The van der Waals surface area contributed by atoms with Gasteiger partial charge in [0.2, 0.25) is 11.7 Å². The molecule has 1 N–H and O–H groups in total. The van der Waals surface area contributed by atoms with Crippen LogP contribution >= 0.6 is 11.6 Å². The Morgan fingerprint density at radius 2 is 2.26 bits per heavy atom. The van der Waals surface area contributed by atoms with E-state index in [9.17, 15) is 0 Å². The van der Waals surface area contributed by atoms with Crippen LogP contribution in [-0.4, -0.2) is 27.7 Å². The van der Waals surface area contributed by atoms with E-state index in [-0.39, 0.29) is 0 Å². The van der Waals surface area contributed by atoms with Gasteiger partial charge >= 0.3 is 0 Å². The number of aromatic nitrogens is 3. The first-order valence-electron chi connectivity index (χ1n) is 6.41. The molecule has 1 unspecified atom stereocenters. The summed E-state index contributed by atoms with van der Waals surface area (Å²) in [6.07, 6.45) is 3.38. The first-order chi connectivity index (χ1) is 9.24. The molecule has 0 saturated carbocycles. The van der Waals surface area contributed by atoms with Gasteiger partial charge in [0.05, 0.1) is 5.02 Å². The fraction of sp³-hybridized carbons (Fsp3) is 0.462. The molecule has 19 heavy (non-hydrogen) atoms. The van der Waals surface area contributed by atoms with Gasteiger partial charge in [0.25, 0.3) is 0 Å². The van der Waals surface area contributed by atoms with Crippen LogP contribution in [0.5, 0.6) is 0 Å². The Kier molecular flexibility index (Phi) is 4.87. The molecule has 2 aromatic rings. The maximum absolute atomic E-state index is 6.05. The zero-order valence-corrected chi connectivity index (χ0v) is 11.8. The monoisotopic (exact) mass is 280 g/mol. The Labute approximate surface area is 117 Å². The summed E-state index contributed by atoms with van der Waals surface area (Å²) in [6, 6.07) is 3.87. The molecule has 0 bridgehead atoms. The molecule has 0 aliphatic carbocycles. The van der Waals surface area contributed by atoms with E-state index in [1.165, 1.54) is 0 Å². The van der Waals surface area contributed by atoms with Gasteiger partial charge < -0.3 is 9.84 Å². The van der Waals surface area contributed by atoms with Gasteiger partial charge in [-0.2, -0.15) is 4.98 Å². The molecule has 0 saturated heterocycles. The maximum Gasteiger partial charge on any atom is 0.228 e. The van der Waals surface area contributed by atoms with E-state index in [0.717, 1.165) is 13.0 Å². The largest absolute Gasteiger partial charge is 0.339 e.